The number of benzene rings is 1. The fourth-order valence-corrected chi connectivity index (χ4v) is 2.69. The Labute approximate surface area is 115 Å². The third-order valence-electron chi connectivity index (χ3n) is 3.22. The Bertz CT molecular complexity index is 575. The van der Waals surface area contributed by atoms with Crippen molar-refractivity contribution in [1.82, 2.24) is 9.78 Å². The number of aromatic nitrogens is 2. The molecule has 0 spiro atoms. The molecule has 96 valence electrons. The summed E-state index contributed by atoms with van der Waals surface area (Å²) in [5, 5.41) is 4.54. The Morgan fingerprint density at radius 3 is 2.61 bits per heavy atom. The minimum absolute atomic E-state index is 0.228. The monoisotopic (exact) mass is 310 g/mol. The Kier molecular flexibility index (Phi) is 3.85. The van der Waals surface area contributed by atoms with Gasteiger partial charge in [-0.15, -0.1) is 0 Å². The molecule has 0 saturated heterocycles. The number of hydrogen-bond donors (Lipinski definition) is 0. The summed E-state index contributed by atoms with van der Waals surface area (Å²) < 4.78 is 15.8. The van der Waals surface area contributed by atoms with Crippen LogP contribution in [0, 0.1) is 19.7 Å². The lowest BCUT2D eigenvalue weighted by molar-refractivity contribution is 0.620. The quantitative estimate of drug-likeness (QED) is 0.837. The molecule has 0 N–H and O–H groups in total. The van der Waals surface area contributed by atoms with Crippen LogP contribution >= 0.6 is 15.9 Å². The van der Waals surface area contributed by atoms with Crippen molar-refractivity contribution in [2.75, 3.05) is 0 Å². The maximum Gasteiger partial charge on any atom is 0.124 e. The molecule has 0 radical (unpaired) electrons. The van der Waals surface area contributed by atoms with E-state index in [0.29, 0.717) is 6.54 Å². The van der Waals surface area contributed by atoms with E-state index in [1.54, 1.807) is 6.07 Å². The highest BCUT2D eigenvalue weighted by Crippen LogP contribution is 2.21. The van der Waals surface area contributed by atoms with Gasteiger partial charge in [0, 0.05) is 10.2 Å². The van der Waals surface area contributed by atoms with Crippen LogP contribution in [0.4, 0.5) is 4.39 Å². The fraction of sp³-hybridized carbons (Fsp3) is 0.357. The Morgan fingerprint density at radius 2 is 2.06 bits per heavy atom. The molecule has 0 aliphatic carbocycles. The zero-order valence-electron chi connectivity index (χ0n) is 10.8. The van der Waals surface area contributed by atoms with E-state index in [-0.39, 0.29) is 5.82 Å². The molecular weight excluding hydrogens is 295 g/mol. The highest BCUT2D eigenvalue weighted by Gasteiger charge is 2.11. The number of aryl methyl sites for hydroxylation is 1. The van der Waals surface area contributed by atoms with Crippen LogP contribution < -0.4 is 0 Å². The molecule has 0 saturated carbocycles. The minimum atomic E-state index is -0.228. The standard InChI is InChI=1S/C14H16BrFN2/c1-4-13-9(2)17-18(10(13)3)8-11-5-6-12(16)7-14(11)15/h5-7H,4,8H2,1-3H3. The van der Waals surface area contributed by atoms with Gasteiger partial charge in [-0.2, -0.15) is 5.10 Å². The minimum Gasteiger partial charge on any atom is -0.265 e. The van der Waals surface area contributed by atoms with Gasteiger partial charge < -0.3 is 0 Å². The second-order valence-electron chi connectivity index (χ2n) is 4.40. The van der Waals surface area contributed by atoms with Gasteiger partial charge in [-0.1, -0.05) is 28.9 Å². The summed E-state index contributed by atoms with van der Waals surface area (Å²) in [4.78, 5) is 0. The first-order valence-electron chi connectivity index (χ1n) is 5.99. The lowest BCUT2D eigenvalue weighted by Gasteiger charge is -2.07. The molecule has 0 atom stereocenters. The third-order valence-corrected chi connectivity index (χ3v) is 3.96. The van der Waals surface area contributed by atoms with Crippen LogP contribution in [0.3, 0.4) is 0 Å². The average molecular weight is 311 g/mol. The highest BCUT2D eigenvalue weighted by atomic mass is 79.9. The van der Waals surface area contributed by atoms with Gasteiger partial charge in [-0.05, 0) is 43.5 Å². The van der Waals surface area contributed by atoms with E-state index in [1.165, 1.54) is 23.4 Å². The zero-order valence-corrected chi connectivity index (χ0v) is 12.4. The Balaban J connectivity index is 2.34. The van der Waals surface area contributed by atoms with Crippen molar-refractivity contribution < 1.29 is 4.39 Å². The van der Waals surface area contributed by atoms with Crippen molar-refractivity contribution in [1.29, 1.82) is 0 Å². The summed E-state index contributed by atoms with van der Waals surface area (Å²) in [5.74, 6) is -0.228. The molecule has 18 heavy (non-hydrogen) atoms. The van der Waals surface area contributed by atoms with Crippen molar-refractivity contribution in [3.8, 4) is 0 Å². The van der Waals surface area contributed by atoms with E-state index >= 15 is 0 Å². The van der Waals surface area contributed by atoms with Gasteiger partial charge in [-0.25, -0.2) is 4.39 Å². The summed E-state index contributed by atoms with van der Waals surface area (Å²) in [6, 6.07) is 4.76. The van der Waals surface area contributed by atoms with E-state index in [0.717, 1.165) is 22.2 Å². The second kappa shape index (κ2) is 5.22. The van der Waals surface area contributed by atoms with Crippen LogP contribution in [0.1, 0.15) is 29.4 Å². The molecule has 0 amide bonds. The molecule has 0 fully saturated rings. The molecular formula is C14H16BrFN2. The molecule has 4 heteroatoms. The third kappa shape index (κ3) is 2.48. The molecule has 1 aromatic carbocycles. The number of halogens is 2. The summed E-state index contributed by atoms with van der Waals surface area (Å²) in [5.41, 5.74) is 4.59. The first-order chi connectivity index (χ1) is 8.52. The number of hydrogen-bond acceptors (Lipinski definition) is 1. The predicted octanol–water partition coefficient (Wildman–Crippen LogP) is 4.01. The van der Waals surface area contributed by atoms with Crippen LogP contribution in [0.25, 0.3) is 0 Å². The molecule has 0 aliphatic heterocycles. The Morgan fingerprint density at radius 1 is 1.33 bits per heavy atom. The molecule has 1 heterocycles. The van der Waals surface area contributed by atoms with Crippen molar-refractivity contribution in [3.05, 3.63) is 51.0 Å². The lowest BCUT2D eigenvalue weighted by Crippen LogP contribution is -2.05. The fourth-order valence-electron chi connectivity index (χ4n) is 2.21. The van der Waals surface area contributed by atoms with Gasteiger partial charge in [0.05, 0.1) is 12.2 Å². The van der Waals surface area contributed by atoms with Crippen molar-refractivity contribution in [2.45, 2.75) is 33.7 Å². The number of rotatable bonds is 3. The predicted molar refractivity (Wildman–Crippen MR) is 74.3 cm³/mol. The van der Waals surface area contributed by atoms with E-state index in [2.05, 4.69) is 34.9 Å². The number of nitrogens with zero attached hydrogens (tertiary/aromatic N) is 2. The smallest absolute Gasteiger partial charge is 0.124 e. The van der Waals surface area contributed by atoms with Gasteiger partial charge >= 0.3 is 0 Å². The topological polar surface area (TPSA) is 17.8 Å². The largest absolute Gasteiger partial charge is 0.265 e. The van der Waals surface area contributed by atoms with Gasteiger partial charge in [-0.3, -0.25) is 4.68 Å². The first kappa shape index (κ1) is 13.3. The first-order valence-corrected chi connectivity index (χ1v) is 6.79. The van der Waals surface area contributed by atoms with Crippen molar-refractivity contribution >= 4 is 15.9 Å². The molecule has 2 rings (SSSR count). The van der Waals surface area contributed by atoms with Crippen LogP contribution in [-0.2, 0) is 13.0 Å². The Hall–Kier alpha value is -1.16. The van der Waals surface area contributed by atoms with Crippen LogP contribution in [0.5, 0.6) is 0 Å². The van der Waals surface area contributed by atoms with Crippen molar-refractivity contribution in [3.63, 3.8) is 0 Å². The zero-order chi connectivity index (χ0) is 13.3. The van der Waals surface area contributed by atoms with Gasteiger partial charge in [0.2, 0.25) is 0 Å². The maximum absolute atomic E-state index is 13.0. The normalized spacial score (nSPS) is 10.9. The molecule has 2 nitrogen and oxygen atoms in total. The van der Waals surface area contributed by atoms with Crippen LogP contribution in [0.2, 0.25) is 0 Å². The summed E-state index contributed by atoms with van der Waals surface area (Å²) in [6.07, 6.45) is 0.988. The highest BCUT2D eigenvalue weighted by molar-refractivity contribution is 9.10. The lowest BCUT2D eigenvalue weighted by atomic mass is 10.1. The summed E-state index contributed by atoms with van der Waals surface area (Å²) >= 11 is 3.39. The maximum atomic E-state index is 13.0. The van der Waals surface area contributed by atoms with Gasteiger partial charge in [0.15, 0.2) is 0 Å². The van der Waals surface area contributed by atoms with Crippen LogP contribution in [-0.4, -0.2) is 9.78 Å². The summed E-state index contributed by atoms with van der Waals surface area (Å²) in [6.45, 7) is 6.90. The molecule has 0 bridgehead atoms. The van der Waals surface area contributed by atoms with E-state index in [9.17, 15) is 4.39 Å². The van der Waals surface area contributed by atoms with Crippen molar-refractivity contribution in [2.24, 2.45) is 0 Å². The van der Waals surface area contributed by atoms with E-state index in [4.69, 9.17) is 0 Å². The molecule has 0 unspecified atom stereocenters. The van der Waals surface area contributed by atoms with Gasteiger partial charge in [0.25, 0.3) is 0 Å². The van der Waals surface area contributed by atoms with Gasteiger partial charge in [0.1, 0.15) is 5.82 Å². The van der Waals surface area contributed by atoms with Crippen LogP contribution in [0.15, 0.2) is 22.7 Å². The average Bonchev–Trinajstić information content (AvgIpc) is 2.58. The molecule has 1 aromatic heterocycles. The van der Waals surface area contributed by atoms with E-state index in [1.807, 2.05) is 11.6 Å². The van der Waals surface area contributed by atoms with E-state index < -0.39 is 0 Å². The molecule has 0 aliphatic rings. The SMILES string of the molecule is CCc1c(C)nn(Cc2ccc(F)cc2Br)c1C. The molecule has 2 aromatic rings. The summed E-state index contributed by atoms with van der Waals surface area (Å²) in [7, 11) is 0. The second-order valence-corrected chi connectivity index (χ2v) is 5.25.